The van der Waals surface area contributed by atoms with E-state index in [0.29, 0.717) is 38.0 Å². The Bertz CT molecular complexity index is 889. The Morgan fingerprint density at radius 2 is 1.58 bits per heavy atom. The molecule has 2 heterocycles. The van der Waals surface area contributed by atoms with Crippen molar-refractivity contribution in [3.8, 4) is 0 Å². The fourth-order valence-electron chi connectivity index (χ4n) is 4.67. The van der Waals surface area contributed by atoms with E-state index in [4.69, 9.17) is 9.90 Å². The quantitative estimate of drug-likeness (QED) is 0.650. The number of hydrogen-bond donors (Lipinski definition) is 1. The summed E-state index contributed by atoms with van der Waals surface area (Å²) < 4.78 is 73.5. The summed E-state index contributed by atoms with van der Waals surface area (Å²) in [4.78, 5) is 25.2. The smallest absolute Gasteiger partial charge is 0.475 e. The number of halogens is 6. The molecule has 0 aromatic heterocycles. The van der Waals surface area contributed by atoms with Gasteiger partial charge in [-0.3, -0.25) is 9.69 Å². The Morgan fingerprint density at radius 3 is 2.15 bits per heavy atom. The zero-order valence-electron chi connectivity index (χ0n) is 17.9. The van der Waals surface area contributed by atoms with Crippen molar-refractivity contribution in [1.29, 1.82) is 0 Å². The van der Waals surface area contributed by atoms with E-state index in [-0.39, 0.29) is 17.3 Å². The van der Waals surface area contributed by atoms with Crippen molar-refractivity contribution in [2.75, 3.05) is 19.6 Å². The molecule has 1 atom stereocenters. The van der Waals surface area contributed by atoms with Gasteiger partial charge in [-0.2, -0.15) is 13.2 Å². The minimum absolute atomic E-state index is 0.0964. The van der Waals surface area contributed by atoms with Crippen molar-refractivity contribution < 1.29 is 41.0 Å². The number of carbonyl (C=O) groups excluding carboxylic acids is 1. The van der Waals surface area contributed by atoms with Gasteiger partial charge in [0.05, 0.1) is 0 Å². The average Bonchev–Trinajstić information content (AvgIpc) is 3.43. The molecule has 1 aromatic carbocycles. The Balaban J connectivity index is 0.000000383. The van der Waals surface area contributed by atoms with E-state index in [1.807, 2.05) is 0 Å². The molecule has 3 fully saturated rings. The van der Waals surface area contributed by atoms with Crippen LogP contribution >= 0.6 is 0 Å². The Kier molecular flexibility index (Phi) is 7.30. The molecule has 3 aliphatic rings. The van der Waals surface area contributed by atoms with Crippen LogP contribution < -0.4 is 0 Å². The maximum absolute atomic E-state index is 14.1. The number of carbonyl (C=O) groups is 2. The zero-order chi connectivity index (χ0) is 24.4. The molecule has 4 rings (SSSR count). The van der Waals surface area contributed by atoms with Gasteiger partial charge in [0.2, 0.25) is 0 Å². The average molecular weight is 480 g/mol. The predicted molar refractivity (Wildman–Crippen MR) is 106 cm³/mol. The summed E-state index contributed by atoms with van der Waals surface area (Å²) in [7, 11) is 0. The number of amides is 1. The lowest BCUT2D eigenvalue weighted by Gasteiger charge is -2.38. The van der Waals surface area contributed by atoms with Gasteiger partial charge < -0.3 is 10.0 Å². The molecular weight excluding hydrogens is 454 g/mol. The number of aliphatic carboxylic acids is 1. The van der Waals surface area contributed by atoms with Crippen LogP contribution in [0.1, 0.15) is 50.5 Å². The van der Waals surface area contributed by atoms with E-state index in [1.54, 1.807) is 4.90 Å². The Morgan fingerprint density at radius 1 is 0.970 bits per heavy atom. The topological polar surface area (TPSA) is 60.9 Å². The number of benzene rings is 1. The van der Waals surface area contributed by atoms with Crippen LogP contribution in [0, 0.1) is 11.6 Å². The third-order valence-corrected chi connectivity index (χ3v) is 6.63. The number of carboxylic acids is 1. The molecule has 1 saturated carbocycles. The van der Waals surface area contributed by atoms with Crippen LogP contribution in [0.3, 0.4) is 0 Å². The van der Waals surface area contributed by atoms with Crippen molar-refractivity contribution in [3.05, 3.63) is 35.4 Å². The highest BCUT2D eigenvalue weighted by molar-refractivity contribution is 5.88. The van der Waals surface area contributed by atoms with Crippen molar-refractivity contribution in [1.82, 2.24) is 9.80 Å². The van der Waals surface area contributed by atoms with E-state index in [9.17, 15) is 31.1 Å². The molecule has 1 aliphatic carbocycles. The Hall–Kier alpha value is -2.30. The normalized spacial score (nSPS) is 24.7. The summed E-state index contributed by atoms with van der Waals surface area (Å²) in [5.74, 6) is -3.92. The lowest BCUT2D eigenvalue weighted by Crippen LogP contribution is -2.45. The molecule has 1 amide bonds. The Labute approximate surface area is 187 Å². The molecule has 2 aliphatic heterocycles. The number of alkyl halides is 4. The molecular formula is C22H26F6N2O3. The first-order valence-corrected chi connectivity index (χ1v) is 10.8. The van der Waals surface area contributed by atoms with Gasteiger partial charge in [-0.15, -0.1) is 0 Å². The summed E-state index contributed by atoms with van der Waals surface area (Å²) in [6, 6.07) is 3.59. The van der Waals surface area contributed by atoms with Crippen LogP contribution in [-0.4, -0.2) is 63.8 Å². The molecule has 1 N–H and O–H groups in total. The van der Waals surface area contributed by atoms with Gasteiger partial charge in [0.25, 0.3) is 5.91 Å². The maximum Gasteiger partial charge on any atom is 0.490 e. The van der Waals surface area contributed by atoms with E-state index in [2.05, 4.69) is 4.90 Å². The molecule has 1 aromatic rings. The third kappa shape index (κ3) is 5.99. The predicted octanol–water partition coefficient (Wildman–Crippen LogP) is 4.45. The fourth-order valence-corrected chi connectivity index (χ4v) is 4.67. The number of likely N-dealkylation sites (tertiary alicyclic amines) is 2. The van der Waals surface area contributed by atoms with E-state index < -0.39 is 23.6 Å². The second-order valence-corrected chi connectivity index (χ2v) is 8.90. The minimum atomic E-state index is -5.08. The molecule has 5 nitrogen and oxygen atoms in total. The SMILES string of the molecule is O=C(N1CCCC2(CCCN2Cc2cc(F)ccc2F)CC1)C1(F)CC1.O=C(O)C(F)(F)F. The first-order valence-electron chi connectivity index (χ1n) is 10.8. The number of carboxylic acid groups (broad SMARTS) is 1. The van der Waals surface area contributed by atoms with Crippen LogP contribution in [-0.2, 0) is 16.1 Å². The summed E-state index contributed by atoms with van der Waals surface area (Å²) >= 11 is 0. The van der Waals surface area contributed by atoms with Crippen LogP contribution in [0.5, 0.6) is 0 Å². The lowest BCUT2D eigenvalue weighted by molar-refractivity contribution is -0.192. The van der Waals surface area contributed by atoms with Gasteiger partial charge in [-0.05, 0) is 69.7 Å². The van der Waals surface area contributed by atoms with Gasteiger partial charge in [0.15, 0.2) is 5.67 Å². The van der Waals surface area contributed by atoms with Gasteiger partial charge >= 0.3 is 12.1 Å². The zero-order valence-corrected chi connectivity index (χ0v) is 17.9. The molecule has 2 saturated heterocycles. The number of nitrogens with zero attached hydrogens (tertiary/aromatic N) is 2. The molecule has 0 bridgehead atoms. The first-order chi connectivity index (χ1) is 15.4. The van der Waals surface area contributed by atoms with Gasteiger partial charge in [-0.25, -0.2) is 18.0 Å². The van der Waals surface area contributed by atoms with Gasteiger partial charge in [0.1, 0.15) is 11.6 Å². The second-order valence-electron chi connectivity index (χ2n) is 8.90. The van der Waals surface area contributed by atoms with Crippen molar-refractivity contribution in [2.45, 2.75) is 68.9 Å². The van der Waals surface area contributed by atoms with Gasteiger partial charge in [-0.1, -0.05) is 0 Å². The summed E-state index contributed by atoms with van der Waals surface area (Å²) in [6.45, 7) is 2.36. The summed E-state index contributed by atoms with van der Waals surface area (Å²) in [5, 5.41) is 7.12. The first kappa shape index (κ1) is 25.3. The largest absolute Gasteiger partial charge is 0.490 e. The molecule has 1 spiro atoms. The highest BCUT2D eigenvalue weighted by atomic mass is 19.4. The van der Waals surface area contributed by atoms with E-state index in [0.717, 1.165) is 44.7 Å². The number of hydrogen-bond acceptors (Lipinski definition) is 3. The molecule has 11 heteroatoms. The monoisotopic (exact) mass is 480 g/mol. The lowest BCUT2D eigenvalue weighted by atomic mass is 9.87. The van der Waals surface area contributed by atoms with Crippen molar-refractivity contribution >= 4 is 11.9 Å². The van der Waals surface area contributed by atoms with E-state index >= 15 is 0 Å². The van der Waals surface area contributed by atoms with Gasteiger partial charge in [0, 0.05) is 30.7 Å². The molecule has 33 heavy (non-hydrogen) atoms. The highest BCUT2D eigenvalue weighted by Gasteiger charge is 2.53. The van der Waals surface area contributed by atoms with Crippen molar-refractivity contribution in [3.63, 3.8) is 0 Å². The summed E-state index contributed by atoms with van der Waals surface area (Å²) in [5.41, 5.74) is -1.33. The number of rotatable bonds is 3. The standard InChI is InChI=1S/C20H25F3N2O.C2HF3O2/c21-16-3-4-17(22)15(13-16)14-25-11-2-6-19(25)5-1-10-24(12-9-19)18(26)20(23)7-8-20;3-2(4,5)1(6)7/h3-4,13H,1-2,5-12,14H2;(H,6,7). The minimum Gasteiger partial charge on any atom is -0.475 e. The highest BCUT2D eigenvalue weighted by Crippen LogP contribution is 2.44. The van der Waals surface area contributed by atoms with Crippen LogP contribution in [0.4, 0.5) is 26.3 Å². The van der Waals surface area contributed by atoms with Crippen LogP contribution in [0.2, 0.25) is 0 Å². The molecule has 184 valence electrons. The van der Waals surface area contributed by atoms with Crippen LogP contribution in [0.15, 0.2) is 18.2 Å². The fraction of sp³-hybridized carbons (Fsp3) is 0.636. The molecule has 1 unspecified atom stereocenters. The second kappa shape index (κ2) is 9.52. The third-order valence-electron chi connectivity index (χ3n) is 6.63. The molecule has 0 radical (unpaired) electrons. The van der Waals surface area contributed by atoms with Crippen molar-refractivity contribution in [2.24, 2.45) is 0 Å². The maximum atomic E-state index is 14.1. The van der Waals surface area contributed by atoms with E-state index in [1.165, 1.54) is 12.1 Å². The van der Waals surface area contributed by atoms with Crippen LogP contribution in [0.25, 0.3) is 0 Å². The summed E-state index contributed by atoms with van der Waals surface area (Å²) in [6.07, 6.45) is 0.115.